The van der Waals surface area contributed by atoms with Crippen molar-refractivity contribution >= 4 is 23.2 Å². The first-order valence-corrected chi connectivity index (χ1v) is 7.03. The monoisotopic (exact) mass is 274 g/mol. The van der Waals surface area contributed by atoms with Crippen molar-refractivity contribution in [3.8, 4) is 0 Å². The molecule has 20 heavy (non-hydrogen) atoms. The fourth-order valence-corrected chi connectivity index (χ4v) is 2.43. The van der Waals surface area contributed by atoms with Crippen LogP contribution in [0.5, 0.6) is 0 Å². The summed E-state index contributed by atoms with van der Waals surface area (Å²) in [7, 11) is 0. The molecule has 1 N–H and O–H groups in total. The van der Waals surface area contributed by atoms with Crippen LogP contribution in [0.3, 0.4) is 0 Å². The predicted molar refractivity (Wildman–Crippen MR) is 75.6 cm³/mol. The van der Waals surface area contributed by atoms with Gasteiger partial charge < -0.3 is 15.0 Å². The quantitative estimate of drug-likeness (QED) is 0.914. The Labute approximate surface area is 117 Å². The molecule has 106 valence electrons. The lowest BCUT2D eigenvalue weighted by atomic mass is 9.85. The summed E-state index contributed by atoms with van der Waals surface area (Å²) in [6.07, 6.45) is 3.13. The van der Waals surface area contributed by atoms with E-state index in [2.05, 4.69) is 5.32 Å². The van der Waals surface area contributed by atoms with Gasteiger partial charge in [0.25, 0.3) is 5.91 Å². The number of ether oxygens (including phenoxy) is 1. The van der Waals surface area contributed by atoms with Crippen LogP contribution >= 0.6 is 0 Å². The predicted octanol–water partition coefficient (Wildman–Crippen LogP) is 1.79. The van der Waals surface area contributed by atoms with E-state index in [0.29, 0.717) is 13.2 Å². The Morgan fingerprint density at radius 3 is 2.60 bits per heavy atom. The molecule has 0 radical (unpaired) electrons. The molecule has 3 rings (SSSR count). The van der Waals surface area contributed by atoms with Crippen molar-refractivity contribution in [1.29, 1.82) is 0 Å². The van der Waals surface area contributed by atoms with Gasteiger partial charge in [0, 0.05) is 23.8 Å². The molecule has 0 atom stereocenters. The van der Waals surface area contributed by atoms with Gasteiger partial charge in [-0.05, 0) is 37.1 Å². The summed E-state index contributed by atoms with van der Waals surface area (Å²) in [6, 6.07) is 7.41. The second-order valence-corrected chi connectivity index (χ2v) is 5.26. The Kier molecular flexibility index (Phi) is 3.69. The number of nitrogens with zero attached hydrogens (tertiary/aromatic N) is 1. The molecule has 1 saturated carbocycles. The van der Waals surface area contributed by atoms with Crippen molar-refractivity contribution in [3.05, 3.63) is 24.3 Å². The highest BCUT2D eigenvalue weighted by molar-refractivity contribution is 5.96. The highest BCUT2D eigenvalue weighted by atomic mass is 16.5. The van der Waals surface area contributed by atoms with Crippen LogP contribution in [-0.4, -0.2) is 31.6 Å². The Balaban J connectivity index is 1.64. The first-order valence-electron chi connectivity index (χ1n) is 7.03. The summed E-state index contributed by atoms with van der Waals surface area (Å²) in [5.74, 6) is 0.254. The van der Waals surface area contributed by atoms with E-state index in [1.54, 1.807) is 4.90 Å². The second kappa shape index (κ2) is 5.63. The van der Waals surface area contributed by atoms with E-state index in [1.165, 1.54) is 0 Å². The van der Waals surface area contributed by atoms with Gasteiger partial charge in [-0.25, -0.2) is 0 Å². The summed E-state index contributed by atoms with van der Waals surface area (Å²) >= 11 is 0. The maximum atomic E-state index is 11.8. The lowest BCUT2D eigenvalue weighted by molar-refractivity contribution is -0.125. The Hall–Kier alpha value is -1.88. The van der Waals surface area contributed by atoms with Crippen molar-refractivity contribution < 1.29 is 14.3 Å². The summed E-state index contributed by atoms with van der Waals surface area (Å²) in [6.45, 7) is 1.28. The first-order chi connectivity index (χ1) is 9.74. The molecule has 1 saturated heterocycles. The fraction of sp³-hybridized carbons (Fsp3) is 0.467. The molecule has 5 heteroatoms. The Morgan fingerprint density at radius 2 is 2.00 bits per heavy atom. The molecule has 1 aromatic rings. The van der Waals surface area contributed by atoms with Crippen LogP contribution in [0.25, 0.3) is 0 Å². The third-order valence-corrected chi connectivity index (χ3v) is 3.91. The molecule has 1 aliphatic carbocycles. The van der Waals surface area contributed by atoms with Crippen molar-refractivity contribution in [3.63, 3.8) is 0 Å². The first kappa shape index (κ1) is 13.1. The van der Waals surface area contributed by atoms with Gasteiger partial charge in [0.15, 0.2) is 0 Å². The molecule has 5 nitrogen and oxygen atoms in total. The summed E-state index contributed by atoms with van der Waals surface area (Å²) in [5, 5.41) is 2.92. The van der Waals surface area contributed by atoms with E-state index in [-0.39, 0.29) is 24.3 Å². The molecule has 0 spiro atoms. The summed E-state index contributed by atoms with van der Waals surface area (Å²) < 4.78 is 5.11. The molecular formula is C15H18N2O3. The molecule has 2 aliphatic rings. The molecule has 1 heterocycles. The van der Waals surface area contributed by atoms with Crippen molar-refractivity contribution in [2.75, 3.05) is 30.0 Å². The minimum Gasteiger partial charge on any atom is -0.370 e. The zero-order chi connectivity index (χ0) is 13.9. The van der Waals surface area contributed by atoms with Crippen LogP contribution in [0.1, 0.15) is 19.3 Å². The van der Waals surface area contributed by atoms with Gasteiger partial charge in [-0.3, -0.25) is 9.59 Å². The SMILES string of the molecule is O=C(Nc1ccc(N2CCOCC2=O)cc1)C1CCC1. The minimum absolute atomic E-state index is 0.0255. The molecule has 0 unspecified atom stereocenters. The lowest BCUT2D eigenvalue weighted by Gasteiger charge is -2.27. The third kappa shape index (κ3) is 2.67. The van der Waals surface area contributed by atoms with Crippen LogP contribution in [0.2, 0.25) is 0 Å². The van der Waals surface area contributed by atoms with Crippen LogP contribution in [0.15, 0.2) is 24.3 Å². The van der Waals surface area contributed by atoms with Gasteiger partial charge >= 0.3 is 0 Å². The highest BCUT2D eigenvalue weighted by Gasteiger charge is 2.25. The highest BCUT2D eigenvalue weighted by Crippen LogP contribution is 2.28. The van der Waals surface area contributed by atoms with Crippen LogP contribution < -0.4 is 10.2 Å². The molecule has 0 aromatic heterocycles. The average molecular weight is 274 g/mol. The molecular weight excluding hydrogens is 256 g/mol. The Bertz CT molecular complexity index is 508. The van der Waals surface area contributed by atoms with Gasteiger partial charge in [0.05, 0.1) is 6.61 Å². The molecule has 1 aliphatic heterocycles. The van der Waals surface area contributed by atoms with Crippen LogP contribution in [0, 0.1) is 5.92 Å². The largest absolute Gasteiger partial charge is 0.370 e. The summed E-state index contributed by atoms with van der Waals surface area (Å²) in [4.78, 5) is 25.3. The number of nitrogens with one attached hydrogen (secondary N) is 1. The molecule has 2 fully saturated rings. The van der Waals surface area contributed by atoms with E-state index in [9.17, 15) is 9.59 Å². The number of anilines is 2. The third-order valence-electron chi connectivity index (χ3n) is 3.91. The van der Waals surface area contributed by atoms with Crippen LogP contribution in [-0.2, 0) is 14.3 Å². The normalized spacial score (nSPS) is 19.6. The topological polar surface area (TPSA) is 58.6 Å². The van der Waals surface area contributed by atoms with E-state index in [4.69, 9.17) is 4.74 Å². The van der Waals surface area contributed by atoms with E-state index < -0.39 is 0 Å². The van der Waals surface area contributed by atoms with Crippen LogP contribution in [0.4, 0.5) is 11.4 Å². The Morgan fingerprint density at radius 1 is 1.25 bits per heavy atom. The zero-order valence-corrected chi connectivity index (χ0v) is 11.3. The number of rotatable bonds is 3. The fourth-order valence-electron chi connectivity index (χ4n) is 2.43. The number of carbonyl (C=O) groups is 2. The smallest absolute Gasteiger partial charge is 0.253 e. The number of amides is 2. The number of benzene rings is 1. The number of morpholine rings is 1. The number of hydrogen-bond acceptors (Lipinski definition) is 3. The maximum absolute atomic E-state index is 11.8. The lowest BCUT2D eigenvalue weighted by Crippen LogP contribution is -2.41. The second-order valence-electron chi connectivity index (χ2n) is 5.26. The average Bonchev–Trinajstić information content (AvgIpc) is 2.38. The van der Waals surface area contributed by atoms with Gasteiger partial charge in [-0.15, -0.1) is 0 Å². The van der Waals surface area contributed by atoms with Crippen molar-refractivity contribution in [1.82, 2.24) is 0 Å². The summed E-state index contributed by atoms with van der Waals surface area (Å²) in [5.41, 5.74) is 1.63. The van der Waals surface area contributed by atoms with Gasteiger partial charge in [0.1, 0.15) is 6.61 Å². The number of hydrogen-bond donors (Lipinski definition) is 1. The van der Waals surface area contributed by atoms with Gasteiger partial charge in [-0.1, -0.05) is 6.42 Å². The zero-order valence-electron chi connectivity index (χ0n) is 11.3. The van der Waals surface area contributed by atoms with Crippen molar-refractivity contribution in [2.45, 2.75) is 19.3 Å². The standard InChI is InChI=1S/C15H18N2O3/c18-14-10-20-9-8-17(14)13-6-4-12(5-7-13)16-15(19)11-2-1-3-11/h4-7,11H,1-3,8-10H2,(H,16,19). The van der Waals surface area contributed by atoms with E-state index in [0.717, 1.165) is 30.6 Å². The van der Waals surface area contributed by atoms with Gasteiger partial charge in [0.2, 0.25) is 5.91 Å². The molecule has 0 bridgehead atoms. The van der Waals surface area contributed by atoms with Crippen molar-refractivity contribution in [2.24, 2.45) is 5.92 Å². The number of carbonyl (C=O) groups excluding carboxylic acids is 2. The van der Waals surface area contributed by atoms with E-state index >= 15 is 0 Å². The van der Waals surface area contributed by atoms with Gasteiger partial charge in [-0.2, -0.15) is 0 Å². The minimum atomic E-state index is -0.0255. The molecule has 1 aromatic carbocycles. The van der Waals surface area contributed by atoms with E-state index in [1.807, 2.05) is 24.3 Å². The molecule has 2 amide bonds. The maximum Gasteiger partial charge on any atom is 0.253 e.